The van der Waals surface area contributed by atoms with Crippen molar-refractivity contribution >= 4 is 5.97 Å². The van der Waals surface area contributed by atoms with Crippen LogP contribution in [0.1, 0.15) is 52.6 Å². The third-order valence-electron chi connectivity index (χ3n) is 2.20. The molecule has 0 aromatic heterocycles. The molecule has 0 spiro atoms. The standard InChI is InChI=1S/C17H27NO3/c1-16(2,3)20-13-9-7-12(8-10-13)11-14(18)15(19)21-17(4,5)6/h7-10,14H,11,18H2,1-6H3/t14-/m0/s1/i7D,8D,9D,10D. The third-order valence-corrected chi connectivity index (χ3v) is 2.20. The number of esters is 1. The molecule has 2 N–H and O–H groups in total. The zero-order chi connectivity index (χ0) is 19.7. The maximum absolute atomic E-state index is 12.0. The first-order valence-corrected chi connectivity index (χ1v) is 6.90. The first kappa shape index (κ1) is 12.0. The van der Waals surface area contributed by atoms with Crippen molar-refractivity contribution in [1.29, 1.82) is 0 Å². The van der Waals surface area contributed by atoms with Gasteiger partial charge in [-0.25, -0.2) is 0 Å². The summed E-state index contributed by atoms with van der Waals surface area (Å²) in [6, 6.07) is -2.19. The summed E-state index contributed by atoms with van der Waals surface area (Å²) in [4.78, 5) is 12.0. The van der Waals surface area contributed by atoms with Crippen LogP contribution in [0, 0.1) is 0 Å². The van der Waals surface area contributed by atoms with E-state index in [4.69, 9.17) is 20.7 Å². The molecular formula is C17H27NO3. The first-order valence-electron chi connectivity index (χ1n) is 8.90. The van der Waals surface area contributed by atoms with Gasteiger partial charge in [-0.1, -0.05) is 12.1 Å². The van der Waals surface area contributed by atoms with E-state index in [1.54, 1.807) is 41.5 Å². The minimum absolute atomic E-state index is 0.0645. The Morgan fingerprint density at radius 1 is 1.14 bits per heavy atom. The molecule has 0 saturated heterocycles. The van der Waals surface area contributed by atoms with Crippen LogP contribution in [-0.2, 0) is 16.0 Å². The Hall–Kier alpha value is -1.55. The largest absolute Gasteiger partial charge is 0.488 e. The molecule has 0 amide bonds. The average molecular weight is 297 g/mol. The minimum Gasteiger partial charge on any atom is -0.488 e. The second kappa shape index (κ2) is 6.48. The van der Waals surface area contributed by atoms with E-state index < -0.39 is 23.2 Å². The van der Waals surface area contributed by atoms with Gasteiger partial charge in [0.2, 0.25) is 0 Å². The van der Waals surface area contributed by atoms with E-state index >= 15 is 0 Å². The summed E-state index contributed by atoms with van der Waals surface area (Å²) in [5.41, 5.74) is 4.54. The predicted molar refractivity (Wildman–Crippen MR) is 84.3 cm³/mol. The quantitative estimate of drug-likeness (QED) is 0.868. The van der Waals surface area contributed by atoms with Crippen LogP contribution in [-0.4, -0.2) is 23.2 Å². The van der Waals surface area contributed by atoms with Gasteiger partial charge in [-0.2, -0.15) is 0 Å². The lowest BCUT2D eigenvalue weighted by atomic mass is 10.1. The smallest absolute Gasteiger partial charge is 0.323 e. The number of ether oxygens (including phenoxy) is 2. The molecule has 21 heavy (non-hydrogen) atoms. The number of carbonyl (C=O) groups excluding carboxylic acids is 1. The van der Waals surface area contributed by atoms with Crippen LogP contribution in [0.2, 0.25) is 0 Å². The summed E-state index contributed by atoms with van der Waals surface area (Å²) in [5, 5.41) is 0. The fourth-order valence-electron chi connectivity index (χ4n) is 1.47. The second-order valence-corrected chi connectivity index (χ2v) is 6.87. The van der Waals surface area contributed by atoms with Gasteiger partial charge in [0.25, 0.3) is 0 Å². The highest BCUT2D eigenvalue weighted by atomic mass is 16.6. The van der Waals surface area contributed by atoms with Crippen LogP contribution in [0.5, 0.6) is 5.75 Å². The molecule has 1 atom stereocenters. The van der Waals surface area contributed by atoms with Crippen LogP contribution >= 0.6 is 0 Å². The summed E-state index contributed by atoms with van der Waals surface area (Å²) in [7, 11) is 0. The summed E-state index contributed by atoms with van der Waals surface area (Å²) >= 11 is 0. The van der Waals surface area contributed by atoms with Crippen molar-refractivity contribution in [3.63, 3.8) is 0 Å². The van der Waals surface area contributed by atoms with E-state index in [0.717, 1.165) is 0 Å². The molecule has 0 aliphatic carbocycles. The number of hydrogen-bond donors (Lipinski definition) is 1. The lowest BCUT2D eigenvalue weighted by Crippen LogP contribution is -2.38. The number of hydrogen-bond acceptors (Lipinski definition) is 4. The molecular weight excluding hydrogens is 266 g/mol. The predicted octanol–water partition coefficient (Wildman–Crippen LogP) is 3.08. The second-order valence-electron chi connectivity index (χ2n) is 6.87. The molecule has 1 aromatic carbocycles. The SMILES string of the molecule is [2H]c1c([2H])c(OC(C)(C)C)c([2H])c([2H])c1C[C@H](N)C(=O)OC(C)(C)C. The van der Waals surface area contributed by atoms with E-state index in [-0.39, 0.29) is 41.9 Å². The van der Waals surface area contributed by atoms with Crippen LogP contribution < -0.4 is 10.5 Å². The van der Waals surface area contributed by atoms with E-state index in [0.29, 0.717) is 0 Å². The molecule has 0 fully saturated rings. The Labute approximate surface area is 133 Å². The molecule has 4 heteroatoms. The molecule has 4 nitrogen and oxygen atoms in total. The molecule has 0 saturated carbocycles. The van der Waals surface area contributed by atoms with Crippen molar-refractivity contribution in [3.8, 4) is 5.75 Å². The van der Waals surface area contributed by atoms with Gasteiger partial charge in [-0.3, -0.25) is 4.79 Å². The Morgan fingerprint density at radius 3 is 2.10 bits per heavy atom. The normalized spacial score (nSPS) is 16.3. The molecule has 1 aromatic rings. The molecule has 1 rings (SSSR count). The highest BCUT2D eigenvalue weighted by Gasteiger charge is 2.22. The number of rotatable bonds is 4. The van der Waals surface area contributed by atoms with E-state index in [2.05, 4.69) is 0 Å². The van der Waals surface area contributed by atoms with Gasteiger partial charge in [0.05, 0.1) is 5.48 Å². The van der Waals surface area contributed by atoms with Crippen LogP contribution in [0.3, 0.4) is 0 Å². The third kappa shape index (κ3) is 7.14. The van der Waals surface area contributed by atoms with Crippen molar-refractivity contribution in [2.45, 2.75) is 65.2 Å². The summed E-state index contributed by atoms with van der Waals surface area (Å²) in [6.45, 7) is 10.4. The molecule has 0 radical (unpaired) electrons. The van der Waals surface area contributed by atoms with Gasteiger partial charge < -0.3 is 15.2 Å². The lowest BCUT2D eigenvalue weighted by Gasteiger charge is -2.22. The monoisotopic (exact) mass is 297 g/mol. The van der Waals surface area contributed by atoms with Crippen molar-refractivity contribution < 1.29 is 19.8 Å². The molecule has 0 bridgehead atoms. The van der Waals surface area contributed by atoms with E-state index in [1.807, 2.05) is 0 Å². The summed E-state index contributed by atoms with van der Waals surface area (Å²) in [6.07, 6.45) is -0.153. The van der Waals surface area contributed by atoms with Crippen molar-refractivity contribution in [2.75, 3.05) is 0 Å². The van der Waals surface area contributed by atoms with Crippen molar-refractivity contribution in [2.24, 2.45) is 5.73 Å². The van der Waals surface area contributed by atoms with Crippen molar-refractivity contribution in [3.05, 3.63) is 29.7 Å². The Kier molecular flexibility index (Phi) is 3.71. The zero-order valence-electron chi connectivity index (χ0n) is 17.6. The number of carbonyl (C=O) groups is 1. The van der Waals surface area contributed by atoms with Crippen LogP contribution in [0.4, 0.5) is 0 Å². The average Bonchev–Trinajstić information content (AvgIpc) is 2.43. The minimum atomic E-state index is -1.08. The van der Waals surface area contributed by atoms with Crippen LogP contribution in [0.25, 0.3) is 0 Å². The van der Waals surface area contributed by atoms with Gasteiger partial charge in [0.15, 0.2) is 0 Å². The van der Waals surface area contributed by atoms with Gasteiger partial charge in [0.1, 0.15) is 23.0 Å². The fourth-order valence-corrected chi connectivity index (χ4v) is 1.47. The zero-order valence-corrected chi connectivity index (χ0v) is 13.6. The summed E-state index contributed by atoms with van der Waals surface area (Å²) < 4.78 is 43.1. The van der Waals surface area contributed by atoms with Crippen molar-refractivity contribution in [1.82, 2.24) is 0 Å². The van der Waals surface area contributed by atoms with Gasteiger partial charge in [-0.15, -0.1) is 0 Å². The Balaban J connectivity index is 3.20. The van der Waals surface area contributed by atoms with Gasteiger partial charge >= 0.3 is 5.97 Å². The molecule has 0 unspecified atom stereocenters. The maximum atomic E-state index is 12.0. The number of benzene rings is 1. The van der Waals surface area contributed by atoms with Gasteiger partial charge in [-0.05, 0) is 65.6 Å². The highest BCUT2D eigenvalue weighted by molar-refractivity contribution is 5.76. The molecule has 0 aliphatic heterocycles. The fraction of sp³-hybridized carbons (Fsp3) is 0.588. The molecule has 0 aliphatic rings. The number of nitrogens with two attached hydrogens (primary N) is 1. The Morgan fingerprint density at radius 2 is 1.67 bits per heavy atom. The topological polar surface area (TPSA) is 61.5 Å². The highest BCUT2D eigenvalue weighted by Crippen LogP contribution is 2.19. The van der Waals surface area contributed by atoms with E-state index in [9.17, 15) is 4.79 Å². The van der Waals surface area contributed by atoms with E-state index in [1.165, 1.54) is 0 Å². The maximum Gasteiger partial charge on any atom is 0.323 e. The first-order chi connectivity index (χ1) is 11.1. The molecule has 118 valence electrons. The Bertz CT molecular complexity index is 634. The summed E-state index contributed by atoms with van der Waals surface area (Å²) in [5.74, 6) is -0.767. The lowest BCUT2D eigenvalue weighted by molar-refractivity contribution is -0.156. The van der Waals surface area contributed by atoms with Gasteiger partial charge in [0, 0.05) is 0 Å². The van der Waals surface area contributed by atoms with Crippen LogP contribution in [0.15, 0.2) is 24.2 Å². The molecule has 0 heterocycles.